The van der Waals surface area contributed by atoms with Crippen molar-refractivity contribution in [1.82, 2.24) is 5.32 Å². The zero-order chi connectivity index (χ0) is 28.9. The van der Waals surface area contributed by atoms with E-state index in [-0.39, 0.29) is 29.0 Å². The molecule has 0 saturated heterocycles. The van der Waals surface area contributed by atoms with E-state index in [1.165, 1.54) is 48.5 Å². The Morgan fingerprint density at radius 2 is 1.52 bits per heavy atom. The molecule has 4 aromatic rings. The Hall–Kier alpha value is -4.66. The lowest BCUT2D eigenvalue weighted by Gasteiger charge is -2.18. The smallest absolute Gasteiger partial charge is 0.416 e. The number of aromatic carboxylic acids is 1. The number of alkyl halides is 3. The maximum Gasteiger partial charge on any atom is 0.416 e. The van der Waals surface area contributed by atoms with Crippen molar-refractivity contribution in [2.45, 2.75) is 26.1 Å². The van der Waals surface area contributed by atoms with Crippen LogP contribution in [0, 0.1) is 5.82 Å². The normalized spacial score (nSPS) is 11.2. The van der Waals surface area contributed by atoms with Crippen LogP contribution in [0.25, 0.3) is 22.3 Å². The Kier molecular flexibility index (Phi) is 8.52. The van der Waals surface area contributed by atoms with Gasteiger partial charge < -0.3 is 15.2 Å². The van der Waals surface area contributed by atoms with Crippen LogP contribution in [0.5, 0.6) is 5.75 Å². The number of carbonyl (C=O) groups excluding carboxylic acids is 1. The van der Waals surface area contributed by atoms with Gasteiger partial charge in [0.05, 0.1) is 11.1 Å². The van der Waals surface area contributed by atoms with Gasteiger partial charge in [-0.05, 0) is 77.2 Å². The minimum atomic E-state index is -4.63. The van der Waals surface area contributed by atoms with Crippen molar-refractivity contribution < 1.29 is 37.0 Å². The molecule has 40 heavy (non-hydrogen) atoms. The van der Waals surface area contributed by atoms with Gasteiger partial charge in [0.1, 0.15) is 18.2 Å². The third kappa shape index (κ3) is 6.66. The molecule has 0 aliphatic rings. The van der Waals surface area contributed by atoms with E-state index in [1.54, 1.807) is 24.3 Å². The minimum Gasteiger partial charge on any atom is -0.488 e. The Balaban J connectivity index is 1.85. The highest BCUT2D eigenvalue weighted by Crippen LogP contribution is 2.41. The lowest BCUT2D eigenvalue weighted by molar-refractivity contribution is -0.137. The molecule has 0 aliphatic heterocycles. The Labute approximate surface area is 228 Å². The molecule has 9 heteroatoms. The molecule has 0 saturated carbocycles. The predicted octanol–water partition coefficient (Wildman–Crippen LogP) is 7.60. The summed E-state index contributed by atoms with van der Waals surface area (Å²) in [7, 11) is 0. The van der Waals surface area contributed by atoms with Crippen LogP contribution in [0.3, 0.4) is 0 Å². The number of ether oxygens (including phenoxy) is 1. The molecule has 1 amide bonds. The molecule has 0 aromatic heterocycles. The molecule has 4 rings (SSSR count). The van der Waals surface area contributed by atoms with Crippen LogP contribution in [0.4, 0.5) is 17.6 Å². The molecule has 0 bridgehead atoms. The topological polar surface area (TPSA) is 75.6 Å². The summed E-state index contributed by atoms with van der Waals surface area (Å²) in [4.78, 5) is 24.6. The number of benzene rings is 4. The van der Waals surface area contributed by atoms with Gasteiger partial charge in [-0.15, -0.1) is 0 Å². The molecule has 0 radical (unpaired) electrons. The van der Waals surface area contributed by atoms with Crippen molar-refractivity contribution in [2.24, 2.45) is 0 Å². The van der Waals surface area contributed by atoms with Crippen LogP contribution < -0.4 is 10.1 Å². The van der Waals surface area contributed by atoms with Crippen LogP contribution >= 0.6 is 0 Å². The number of rotatable bonds is 9. The summed E-state index contributed by atoms with van der Waals surface area (Å²) < 4.78 is 60.4. The number of halogens is 4. The molecule has 5 nitrogen and oxygen atoms in total. The minimum absolute atomic E-state index is 0.0307. The lowest BCUT2D eigenvalue weighted by atomic mass is 9.91. The number of carboxylic acids is 1. The van der Waals surface area contributed by atoms with Gasteiger partial charge in [-0.2, -0.15) is 13.2 Å². The third-order valence-corrected chi connectivity index (χ3v) is 6.12. The van der Waals surface area contributed by atoms with Crippen molar-refractivity contribution in [3.8, 4) is 28.0 Å². The molecule has 2 N–H and O–H groups in total. The van der Waals surface area contributed by atoms with E-state index in [0.29, 0.717) is 35.2 Å². The molecule has 206 valence electrons. The first-order valence-corrected chi connectivity index (χ1v) is 12.4. The van der Waals surface area contributed by atoms with Crippen LogP contribution in [-0.4, -0.2) is 23.5 Å². The fourth-order valence-corrected chi connectivity index (χ4v) is 4.13. The summed E-state index contributed by atoms with van der Waals surface area (Å²) in [5.41, 5.74) is 0.860. The molecular weight excluding hydrogens is 526 g/mol. The average molecular weight is 552 g/mol. The van der Waals surface area contributed by atoms with Gasteiger partial charge in [0.15, 0.2) is 0 Å². The van der Waals surface area contributed by atoms with Gasteiger partial charge in [-0.3, -0.25) is 4.79 Å². The predicted molar refractivity (Wildman–Crippen MR) is 143 cm³/mol. The first kappa shape index (κ1) is 28.4. The molecule has 0 atom stereocenters. The highest BCUT2D eigenvalue weighted by atomic mass is 19.4. The molecular formula is C31H25F4NO4. The first-order valence-electron chi connectivity index (χ1n) is 12.4. The van der Waals surface area contributed by atoms with Crippen LogP contribution in [-0.2, 0) is 12.8 Å². The van der Waals surface area contributed by atoms with E-state index >= 15 is 0 Å². The van der Waals surface area contributed by atoms with Gasteiger partial charge in [0.25, 0.3) is 5.91 Å². The maximum atomic E-state index is 13.7. The second-order valence-corrected chi connectivity index (χ2v) is 9.03. The summed E-state index contributed by atoms with van der Waals surface area (Å²) in [6, 6.07) is 19.3. The standard InChI is InChI=1S/C31H25F4NO4/c1-2-13-36-29(37)21-14-20(15-22(16-21)30(38)39)25-5-3-4-6-26(25)27-17-23(31(33,34)35)9-12-28(27)40-18-19-7-10-24(32)11-8-19/h3-12,14-17H,2,13,18H2,1H3,(H,36,37)(H,38,39). The van der Waals surface area contributed by atoms with Gasteiger partial charge in [-0.25, -0.2) is 9.18 Å². The Morgan fingerprint density at radius 1 is 0.850 bits per heavy atom. The second-order valence-electron chi connectivity index (χ2n) is 9.03. The zero-order valence-corrected chi connectivity index (χ0v) is 21.4. The van der Waals surface area contributed by atoms with E-state index in [0.717, 1.165) is 12.1 Å². The molecule has 0 fully saturated rings. The number of nitrogens with one attached hydrogen (secondary N) is 1. The van der Waals surface area contributed by atoms with Gasteiger partial charge >= 0.3 is 12.1 Å². The van der Waals surface area contributed by atoms with Gasteiger partial charge in [0, 0.05) is 17.7 Å². The summed E-state index contributed by atoms with van der Waals surface area (Å²) in [5, 5.41) is 12.4. The first-order chi connectivity index (χ1) is 19.1. The highest BCUT2D eigenvalue weighted by Gasteiger charge is 2.31. The Bertz CT molecular complexity index is 1530. The molecule has 0 heterocycles. The number of hydrogen-bond donors (Lipinski definition) is 2. The van der Waals surface area contributed by atoms with Crippen molar-refractivity contribution in [3.05, 3.63) is 113 Å². The zero-order valence-electron chi connectivity index (χ0n) is 21.4. The SMILES string of the molecule is CCCNC(=O)c1cc(C(=O)O)cc(-c2ccccc2-c2cc(C(F)(F)F)ccc2OCc2ccc(F)cc2)c1. The number of carboxylic acid groups (broad SMARTS) is 1. The summed E-state index contributed by atoms with van der Waals surface area (Å²) in [6.45, 7) is 2.23. The van der Waals surface area contributed by atoms with E-state index < -0.39 is 29.4 Å². The molecule has 4 aromatic carbocycles. The average Bonchev–Trinajstić information content (AvgIpc) is 2.94. The quantitative estimate of drug-likeness (QED) is 0.210. The maximum absolute atomic E-state index is 13.7. The summed E-state index contributed by atoms with van der Waals surface area (Å²) in [6.07, 6.45) is -3.96. The number of amides is 1. The largest absolute Gasteiger partial charge is 0.488 e. The van der Waals surface area contributed by atoms with Gasteiger partial charge in [-0.1, -0.05) is 43.3 Å². The lowest BCUT2D eigenvalue weighted by Crippen LogP contribution is -2.24. The highest BCUT2D eigenvalue weighted by molar-refractivity contribution is 6.00. The molecule has 0 unspecified atom stereocenters. The number of carbonyl (C=O) groups is 2. The van der Waals surface area contributed by atoms with E-state index in [9.17, 15) is 32.3 Å². The van der Waals surface area contributed by atoms with E-state index in [4.69, 9.17) is 4.74 Å². The third-order valence-electron chi connectivity index (χ3n) is 6.12. The monoisotopic (exact) mass is 551 g/mol. The van der Waals surface area contributed by atoms with Gasteiger partial charge in [0.2, 0.25) is 0 Å². The number of hydrogen-bond acceptors (Lipinski definition) is 3. The van der Waals surface area contributed by atoms with Crippen LogP contribution in [0.2, 0.25) is 0 Å². The molecule has 0 aliphatic carbocycles. The van der Waals surface area contributed by atoms with Crippen molar-refractivity contribution in [1.29, 1.82) is 0 Å². The summed E-state index contributed by atoms with van der Waals surface area (Å²) >= 11 is 0. The van der Waals surface area contributed by atoms with Crippen molar-refractivity contribution >= 4 is 11.9 Å². The summed E-state index contributed by atoms with van der Waals surface area (Å²) in [5.74, 6) is -2.02. The fraction of sp³-hybridized carbons (Fsp3) is 0.161. The van der Waals surface area contributed by atoms with Crippen LogP contribution in [0.1, 0.15) is 45.2 Å². The van der Waals surface area contributed by atoms with Crippen molar-refractivity contribution in [3.63, 3.8) is 0 Å². The van der Waals surface area contributed by atoms with Crippen molar-refractivity contribution in [2.75, 3.05) is 6.54 Å². The van der Waals surface area contributed by atoms with Crippen LogP contribution in [0.15, 0.2) is 84.9 Å². The second kappa shape index (κ2) is 12.0. The van der Waals surface area contributed by atoms with E-state index in [2.05, 4.69) is 5.32 Å². The van der Waals surface area contributed by atoms with E-state index in [1.807, 2.05) is 6.92 Å². The fourth-order valence-electron chi connectivity index (χ4n) is 4.13. The molecule has 0 spiro atoms. The Morgan fingerprint density at radius 3 is 2.17 bits per heavy atom.